The van der Waals surface area contributed by atoms with E-state index in [1.165, 1.54) is 5.56 Å². The number of aromatic nitrogens is 1. The lowest BCUT2D eigenvalue weighted by Crippen LogP contribution is -2.44. The first-order chi connectivity index (χ1) is 8.84. The van der Waals surface area contributed by atoms with Crippen LogP contribution in [0.15, 0.2) is 24.5 Å². The molecule has 0 aromatic carbocycles. The summed E-state index contributed by atoms with van der Waals surface area (Å²) in [5.74, 6) is 0.284. The van der Waals surface area contributed by atoms with Gasteiger partial charge >= 0.3 is 0 Å². The van der Waals surface area contributed by atoms with Crippen LogP contribution in [0.4, 0.5) is 0 Å². The number of hydrogen-bond acceptors (Lipinski definition) is 3. The van der Waals surface area contributed by atoms with Gasteiger partial charge in [0.15, 0.2) is 0 Å². The number of rotatable bonds is 4. The van der Waals surface area contributed by atoms with E-state index in [1.54, 1.807) is 12.4 Å². The topological polar surface area (TPSA) is 45.2 Å². The average Bonchev–Trinajstić information content (AvgIpc) is 3.10. The van der Waals surface area contributed by atoms with Crippen LogP contribution in [0.5, 0.6) is 0 Å². The van der Waals surface area contributed by atoms with Gasteiger partial charge in [0.2, 0.25) is 5.91 Å². The molecule has 18 heavy (non-hydrogen) atoms. The van der Waals surface area contributed by atoms with Gasteiger partial charge in [-0.05, 0) is 49.9 Å². The van der Waals surface area contributed by atoms with Gasteiger partial charge in [-0.2, -0.15) is 0 Å². The van der Waals surface area contributed by atoms with E-state index in [0.29, 0.717) is 6.04 Å². The molecule has 4 heteroatoms. The van der Waals surface area contributed by atoms with Crippen molar-refractivity contribution in [3.63, 3.8) is 0 Å². The number of nitrogens with zero attached hydrogens (tertiary/aromatic N) is 2. The van der Waals surface area contributed by atoms with Crippen molar-refractivity contribution in [2.45, 2.75) is 44.3 Å². The summed E-state index contributed by atoms with van der Waals surface area (Å²) in [5.41, 5.74) is 1.17. The molecule has 96 valence electrons. The normalized spacial score (nSPS) is 23.0. The number of hydrogen-bond donors (Lipinski definition) is 1. The van der Waals surface area contributed by atoms with Crippen molar-refractivity contribution in [3.05, 3.63) is 30.1 Å². The highest BCUT2D eigenvalue weighted by molar-refractivity contribution is 5.82. The van der Waals surface area contributed by atoms with Gasteiger partial charge in [0.1, 0.15) is 0 Å². The molecule has 1 aliphatic carbocycles. The van der Waals surface area contributed by atoms with Gasteiger partial charge in [-0.3, -0.25) is 9.78 Å². The minimum absolute atomic E-state index is 0.0486. The van der Waals surface area contributed by atoms with Gasteiger partial charge in [0.05, 0.1) is 6.04 Å². The second-order valence-electron chi connectivity index (χ2n) is 5.20. The van der Waals surface area contributed by atoms with Crippen molar-refractivity contribution >= 4 is 5.91 Å². The maximum absolute atomic E-state index is 12.5. The lowest BCUT2D eigenvalue weighted by atomic mass is 10.1. The van der Waals surface area contributed by atoms with E-state index in [2.05, 4.69) is 15.2 Å². The van der Waals surface area contributed by atoms with Crippen molar-refractivity contribution in [2.75, 3.05) is 6.54 Å². The van der Waals surface area contributed by atoms with Crippen molar-refractivity contribution in [1.29, 1.82) is 0 Å². The minimum atomic E-state index is 0.0486. The zero-order valence-corrected chi connectivity index (χ0v) is 10.5. The quantitative estimate of drug-likeness (QED) is 0.870. The van der Waals surface area contributed by atoms with Crippen LogP contribution in [0, 0.1) is 0 Å². The zero-order valence-electron chi connectivity index (χ0n) is 10.5. The summed E-state index contributed by atoms with van der Waals surface area (Å²) in [6, 6.07) is 4.50. The molecule has 2 heterocycles. The van der Waals surface area contributed by atoms with Gasteiger partial charge in [-0.1, -0.05) is 0 Å². The fourth-order valence-corrected chi connectivity index (χ4v) is 2.55. The Kier molecular flexibility index (Phi) is 3.28. The summed E-state index contributed by atoms with van der Waals surface area (Å²) >= 11 is 0. The first kappa shape index (κ1) is 11.7. The third-order valence-corrected chi connectivity index (χ3v) is 3.73. The van der Waals surface area contributed by atoms with Crippen LogP contribution in [0.3, 0.4) is 0 Å². The Hall–Kier alpha value is -1.42. The lowest BCUT2D eigenvalue weighted by Gasteiger charge is -2.25. The van der Waals surface area contributed by atoms with Crippen molar-refractivity contribution < 1.29 is 4.79 Å². The molecule has 1 amide bonds. The molecule has 3 rings (SSSR count). The Balaban J connectivity index is 1.70. The first-order valence-corrected chi connectivity index (χ1v) is 6.77. The molecule has 2 fully saturated rings. The highest BCUT2D eigenvalue weighted by Gasteiger charge is 2.36. The fourth-order valence-electron chi connectivity index (χ4n) is 2.55. The van der Waals surface area contributed by atoms with Gasteiger partial charge < -0.3 is 10.2 Å². The second kappa shape index (κ2) is 5.06. The molecule has 1 aromatic rings. The summed E-state index contributed by atoms with van der Waals surface area (Å²) in [6.07, 6.45) is 7.99. The van der Waals surface area contributed by atoms with E-state index < -0.39 is 0 Å². The summed E-state index contributed by atoms with van der Waals surface area (Å²) < 4.78 is 0. The molecular formula is C14H19N3O. The van der Waals surface area contributed by atoms with Gasteiger partial charge in [0, 0.05) is 25.0 Å². The second-order valence-corrected chi connectivity index (χ2v) is 5.20. The Labute approximate surface area is 107 Å². The molecule has 1 saturated carbocycles. The first-order valence-electron chi connectivity index (χ1n) is 6.77. The summed E-state index contributed by atoms with van der Waals surface area (Å²) in [5, 5.41) is 3.30. The number of carbonyl (C=O) groups is 1. The van der Waals surface area contributed by atoms with Crippen molar-refractivity contribution in [1.82, 2.24) is 15.2 Å². The van der Waals surface area contributed by atoms with Gasteiger partial charge in [-0.15, -0.1) is 0 Å². The number of pyridine rings is 1. The molecule has 4 nitrogen and oxygen atoms in total. The average molecular weight is 245 g/mol. The number of carbonyl (C=O) groups excluding carboxylic acids is 1. The highest BCUT2D eigenvalue weighted by atomic mass is 16.2. The van der Waals surface area contributed by atoms with Crippen LogP contribution in [-0.2, 0) is 11.3 Å². The van der Waals surface area contributed by atoms with E-state index in [9.17, 15) is 4.79 Å². The minimum Gasteiger partial charge on any atom is -0.334 e. The van der Waals surface area contributed by atoms with Crippen LogP contribution >= 0.6 is 0 Å². The van der Waals surface area contributed by atoms with Crippen molar-refractivity contribution in [2.24, 2.45) is 0 Å². The van der Waals surface area contributed by atoms with E-state index >= 15 is 0 Å². The Bertz CT molecular complexity index is 410. The summed E-state index contributed by atoms with van der Waals surface area (Å²) in [6.45, 7) is 1.70. The number of nitrogens with one attached hydrogen (secondary N) is 1. The predicted molar refractivity (Wildman–Crippen MR) is 68.8 cm³/mol. The maximum Gasteiger partial charge on any atom is 0.240 e. The van der Waals surface area contributed by atoms with Crippen LogP contribution in [-0.4, -0.2) is 34.4 Å². The SMILES string of the molecule is O=C([C@@H]1CCCN1)N(Cc1ccncc1)C1CC1. The van der Waals surface area contributed by atoms with Gasteiger partial charge in [0.25, 0.3) is 0 Å². The van der Waals surface area contributed by atoms with Crippen molar-refractivity contribution in [3.8, 4) is 0 Å². The van der Waals surface area contributed by atoms with E-state index in [0.717, 1.165) is 38.8 Å². The van der Waals surface area contributed by atoms with E-state index in [-0.39, 0.29) is 11.9 Å². The van der Waals surface area contributed by atoms with Crippen LogP contribution in [0.2, 0.25) is 0 Å². The Morgan fingerprint density at radius 3 is 2.72 bits per heavy atom. The molecule has 0 spiro atoms. The zero-order chi connectivity index (χ0) is 12.4. The van der Waals surface area contributed by atoms with Crippen LogP contribution in [0.25, 0.3) is 0 Å². The molecule has 2 aliphatic rings. The smallest absolute Gasteiger partial charge is 0.240 e. The predicted octanol–water partition coefficient (Wildman–Crippen LogP) is 1.32. The summed E-state index contributed by atoms with van der Waals surface area (Å²) in [4.78, 5) is 18.6. The summed E-state index contributed by atoms with van der Waals surface area (Å²) in [7, 11) is 0. The molecule has 1 N–H and O–H groups in total. The molecule has 1 aliphatic heterocycles. The molecule has 0 radical (unpaired) electrons. The molecule has 0 bridgehead atoms. The molecule has 0 unspecified atom stereocenters. The molecule has 1 atom stereocenters. The number of amides is 1. The van der Waals surface area contributed by atoms with Gasteiger partial charge in [-0.25, -0.2) is 0 Å². The fraction of sp³-hybridized carbons (Fsp3) is 0.571. The Morgan fingerprint density at radius 1 is 1.33 bits per heavy atom. The van der Waals surface area contributed by atoms with E-state index in [4.69, 9.17) is 0 Å². The Morgan fingerprint density at radius 2 is 2.11 bits per heavy atom. The molecule has 1 aromatic heterocycles. The highest BCUT2D eigenvalue weighted by Crippen LogP contribution is 2.29. The largest absolute Gasteiger partial charge is 0.334 e. The third kappa shape index (κ3) is 2.53. The van der Waals surface area contributed by atoms with E-state index in [1.807, 2.05) is 12.1 Å². The van der Waals surface area contributed by atoms with Crippen LogP contribution < -0.4 is 5.32 Å². The maximum atomic E-state index is 12.5. The standard InChI is InChI=1S/C14H19N3O/c18-14(13-2-1-7-16-13)17(12-3-4-12)10-11-5-8-15-9-6-11/h5-6,8-9,12-13,16H,1-4,7,10H2/t13-/m0/s1. The molecular weight excluding hydrogens is 226 g/mol. The molecule has 1 saturated heterocycles. The monoisotopic (exact) mass is 245 g/mol. The van der Waals surface area contributed by atoms with Crippen LogP contribution in [0.1, 0.15) is 31.2 Å². The third-order valence-electron chi connectivity index (χ3n) is 3.73. The lowest BCUT2D eigenvalue weighted by molar-refractivity contribution is -0.134.